The summed E-state index contributed by atoms with van der Waals surface area (Å²) >= 11 is 0. The molecule has 2 rings (SSSR count). The highest BCUT2D eigenvalue weighted by molar-refractivity contribution is 7.90. The lowest BCUT2D eigenvalue weighted by atomic mass is 9.86. The van der Waals surface area contributed by atoms with Crippen molar-refractivity contribution in [3.8, 4) is 0 Å². The van der Waals surface area contributed by atoms with E-state index in [4.69, 9.17) is 0 Å². The van der Waals surface area contributed by atoms with Crippen molar-refractivity contribution >= 4 is 15.7 Å². The molecule has 128 valence electrons. The lowest BCUT2D eigenvalue weighted by Crippen LogP contribution is -2.30. The molecule has 0 heterocycles. The summed E-state index contributed by atoms with van der Waals surface area (Å²) in [5.41, 5.74) is 3.32. The molecule has 0 fully saturated rings. The second kappa shape index (κ2) is 8.11. The number of sulfone groups is 1. The van der Waals surface area contributed by atoms with Crippen molar-refractivity contribution in [3.05, 3.63) is 71.3 Å². The molecule has 0 saturated heterocycles. The van der Waals surface area contributed by atoms with Crippen LogP contribution in [0.1, 0.15) is 29.0 Å². The molecule has 1 N–H and O–H groups in total. The molecule has 2 aromatic carbocycles. The quantitative estimate of drug-likeness (QED) is 0.839. The van der Waals surface area contributed by atoms with Gasteiger partial charge in [-0.05, 0) is 23.6 Å². The molecule has 24 heavy (non-hydrogen) atoms. The monoisotopic (exact) mass is 345 g/mol. The van der Waals surface area contributed by atoms with Crippen LogP contribution in [0.25, 0.3) is 0 Å². The molecule has 0 aliphatic carbocycles. The van der Waals surface area contributed by atoms with Crippen molar-refractivity contribution in [3.63, 3.8) is 0 Å². The largest absolute Gasteiger partial charge is 0.355 e. The Hall–Kier alpha value is -2.14. The first-order chi connectivity index (χ1) is 11.4. The van der Waals surface area contributed by atoms with Gasteiger partial charge in [0.15, 0.2) is 0 Å². The van der Waals surface area contributed by atoms with Crippen LogP contribution in [-0.4, -0.2) is 32.9 Å². The van der Waals surface area contributed by atoms with Crippen LogP contribution in [0.4, 0.5) is 0 Å². The van der Waals surface area contributed by atoms with Crippen LogP contribution in [0.3, 0.4) is 0 Å². The molecule has 5 heteroatoms. The van der Waals surface area contributed by atoms with Crippen molar-refractivity contribution < 1.29 is 13.2 Å². The third kappa shape index (κ3) is 5.49. The fraction of sp³-hybridized carbons (Fsp3) is 0.316. The Bertz CT molecular complexity index is 785. The van der Waals surface area contributed by atoms with Crippen molar-refractivity contribution in [2.75, 3.05) is 18.6 Å². The van der Waals surface area contributed by atoms with Crippen LogP contribution in [0.5, 0.6) is 0 Å². The summed E-state index contributed by atoms with van der Waals surface area (Å²) in [4.78, 5) is 12.3. The van der Waals surface area contributed by atoms with Gasteiger partial charge in [0.05, 0.1) is 5.75 Å². The number of benzene rings is 2. The molecule has 1 unspecified atom stereocenters. The van der Waals surface area contributed by atoms with E-state index in [0.717, 1.165) is 16.7 Å². The van der Waals surface area contributed by atoms with Crippen LogP contribution < -0.4 is 5.32 Å². The summed E-state index contributed by atoms with van der Waals surface area (Å²) in [5, 5.41) is 2.71. The minimum Gasteiger partial charge on any atom is -0.355 e. The van der Waals surface area contributed by atoms with Gasteiger partial charge >= 0.3 is 0 Å². The molecular formula is C19H23NO3S. The molecular weight excluding hydrogens is 322 g/mol. The summed E-state index contributed by atoms with van der Waals surface area (Å²) < 4.78 is 22.3. The topological polar surface area (TPSA) is 63.2 Å². The van der Waals surface area contributed by atoms with Crippen molar-refractivity contribution in [1.29, 1.82) is 0 Å². The first kappa shape index (κ1) is 18.2. The second-order valence-corrected chi connectivity index (χ2v) is 8.26. The fourth-order valence-corrected chi connectivity index (χ4v) is 3.18. The van der Waals surface area contributed by atoms with Gasteiger partial charge in [-0.3, -0.25) is 4.79 Å². The van der Waals surface area contributed by atoms with E-state index >= 15 is 0 Å². The van der Waals surface area contributed by atoms with Gasteiger partial charge < -0.3 is 5.32 Å². The van der Waals surface area contributed by atoms with Gasteiger partial charge in [-0.2, -0.15) is 0 Å². The Morgan fingerprint density at radius 2 is 1.67 bits per heavy atom. The zero-order valence-electron chi connectivity index (χ0n) is 14.0. The fourth-order valence-electron chi connectivity index (χ4n) is 2.70. The Kier molecular flexibility index (Phi) is 6.15. The van der Waals surface area contributed by atoms with Gasteiger partial charge in [0.2, 0.25) is 5.91 Å². The molecule has 0 aliphatic heterocycles. The zero-order chi connectivity index (χ0) is 17.6. The summed E-state index contributed by atoms with van der Waals surface area (Å²) in [6.45, 7) is 2.18. The smallest absolute Gasteiger partial charge is 0.220 e. The summed E-state index contributed by atoms with van der Waals surface area (Å²) in [6.07, 6.45) is 1.46. The second-order valence-electron chi connectivity index (χ2n) is 6.00. The molecule has 0 spiro atoms. The Balaban J connectivity index is 2.16. The molecule has 1 amide bonds. The molecule has 0 aliphatic rings. The van der Waals surface area contributed by atoms with Crippen LogP contribution in [0, 0.1) is 6.92 Å². The average molecular weight is 345 g/mol. The maximum Gasteiger partial charge on any atom is 0.220 e. The maximum absolute atomic E-state index is 12.3. The predicted octanol–water partition coefficient (Wildman–Crippen LogP) is 2.68. The van der Waals surface area contributed by atoms with E-state index in [0.29, 0.717) is 6.42 Å². The Morgan fingerprint density at radius 3 is 2.29 bits per heavy atom. The lowest BCUT2D eigenvalue weighted by molar-refractivity contribution is -0.121. The van der Waals surface area contributed by atoms with E-state index in [9.17, 15) is 13.2 Å². The van der Waals surface area contributed by atoms with Crippen molar-refractivity contribution in [2.24, 2.45) is 0 Å². The standard InChI is InChI=1S/C19H23NO3S/c1-15-8-6-7-11-17(15)18(16-9-4-3-5-10-16)14-19(21)20-12-13-24(2,22)23/h3-11,18H,12-14H2,1-2H3,(H,20,21). The van der Waals surface area contributed by atoms with E-state index in [1.165, 1.54) is 6.26 Å². The van der Waals surface area contributed by atoms with E-state index in [1.54, 1.807) is 0 Å². The molecule has 0 bridgehead atoms. The lowest BCUT2D eigenvalue weighted by Gasteiger charge is -2.20. The maximum atomic E-state index is 12.3. The highest BCUT2D eigenvalue weighted by atomic mass is 32.2. The third-order valence-corrected chi connectivity index (χ3v) is 4.90. The highest BCUT2D eigenvalue weighted by Crippen LogP contribution is 2.30. The van der Waals surface area contributed by atoms with Gasteiger partial charge in [-0.1, -0.05) is 54.6 Å². The van der Waals surface area contributed by atoms with Gasteiger partial charge in [0.25, 0.3) is 0 Å². The summed E-state index contributed by atoms with van der Waals surface area (Å²) in [7, 11) is -3.07. The molecule has 2 aromatic rings. The normalized spacial score (nSPS) is 12.6. The van der Waals surface area contributed by atoms with Crippen LogP contribution >= 0.6 is 0 Å². The SMILES string of the molecule is Cc1ccccc1C(CC(=O)NCCS(C)(=O)=O)c1ccccc1. The Morgan fingerprint density at radius 1 is 1.04 bits per heavy atom. The van der Waals surface area contributed by atoms with Crippen LogP contribution in [-0.2, 0) is 14.6 Å². The van der Waals surface area contributed by atoms with Gasteiger partial charge in [-0.25, -0.2) is 8.42 Å². The molecule has 4 nitrogen and oxygen atoms in total. The Labute approximate surface area is 143 Å². The van der Waals surface area contributed by atoms with Crippen molar-refractivity contribution in [1.82, 2.24) is 5.32 Å². The van der Waals surface area contributed by atoms with E-state index < -0.39 is 9.84 Å². The number of hydrogen-bond donors (Lipinski definition) is 1. The number of carbonyl (C=O) groups is 1. The average Bonchev–Trinajstić information content (AvgIpc) is 2.53. The zero-order valence-corrected chi connectivity index (χ0v) is 14.8. The molecule has 0 saturated carbocycles. The number of rotatable bonds is 7. The predicted molar refractivity (Wildman–Crippen MR) is 96.8 cm³/mol. The van der Waals surface area contributed by atoms with Gasteiger partial charge in [0.1, 0.15) is 9.84 Å². The van der Waals surface area contributed by atoms with Crippen molar-refractivity contribution in [2.45, 2.75) is 19.3 Å². The summed E-state index contributed by atoms with van der Waals surface area (Å²) in [5.74, 6) is -0.236. The van der Waals surface area contributed by atoms with E-state index in [1.807, 2.05) is 61.5 Å². The minimum absolute atomic E-state index is 0.0426. The first-order valence-corrected chi connectivity index (χ1v) is 9.98. The number of nitrogens with one attached hydrogen (secondary N) is 1. The number of carbonyl (C=O) groups excluding carboxylic acids is 1. The molecule has 0 radical (unpaired) electrons. The minimum atomic E-state index is -3.07. The summed E-state index contributed by atoms with van der Waals surface area (Å²) in [6, 6.07) is 17.9. The number of hydrogen-bond acceptors (Lipinski definition) is 3. The van der Waals surface area contributed by atoms with Crippen LogP contribution in [0.15, 0.2) is 54.6 Å². The van der Waals surface area contributed by atoms with Crippen LogP contribution in [0.2, 0.25) is 0 Å². The molecule has 1 atom stereocenters. The van der Waals surface area contributed by atoms with Gasteiger partial charge in [-0.15, -0.1) is 0 Å². The highest BCUT2D eigenvalue weighted by Gasteiger charge is 2.19. The number of amides is 1. The first-order valence-electron chi connectivity index (χ1n) is 7.92. The third-order valence-electron chi connectivity index (χ3n) is 3.95. The molecule has 0 aromatic heterocycles. The van der Waals surface area contributed by atoms with E-state index in [-0.39, 0.29) is 24.1 Å². The van der Waals surface area contributed by atoms with Gasteiger partial charge in [0, 0.05) is 25.1 Å². The number of aryl methyl sites for hydroxylation is 1. The van der Waals surface area contributed by atoms with E-state index in [2.05, 4.69) is 5.32 Å².